The van der Waals surface area contributed by atoms with E-state index in [1.807, 2.05) is 6.07 Å². The number of nitrogens with zero attached hydrogens (tertiary/aromatic N) is 1. The van der Waals surface area contributed by atoms with E-state index in [0.29, 0.717) is 21.9 Å². The molecule has 0 heterocycles. The summed E-state index contributed by atoms with van der Waals surface area (Å²) in [6.07, 6.45) is 1.11. The van der Waals surface area contributed by atoms with E-state index in [1.165, 1.54) is 12.1 Å². The molecule has 2 aromatic carbocycles. The summed E-state index contributed by atoms with van der Waals surface area (Å²) in [5, 5.41) is 8.32. The minimum atomic E-state index is -0.299. The Morgan fingerprint density at radius 2 is 1.45 bits per heavy atom. The van der Waals surface area contributed by atoms with Crippen LogP contribution in [0.25, 0.3) is 0 Å². The fourth-order valence-electron chi connectivity index (χ4n) is 1.60. The molecule has 0 spiro atoms. The highest BCUT2D eigenvalue weighted by Crippen LogP contribution is 2.17. The molecule has 0 fully saturated rings. The standard InChI is InChI=1S/C8H9BrFN.C8H5BrFN/c2*9-7-5-6(3-4-11)1-2-8(7)10/h1-2,5H,3-4,11H2;1-2,5H,3H2. The zero-order chi connectivity index (χ0) is 16.5. The van der Waals surface area contributed by atoms with E-state index < -0.39 is 0 Å². The van der Waals surface area contributed by atoms with Crippen LogP contribution in [-0.4, -0.2) is 6.54 Å². The van der Waals surface area contributed by atoms with E-state index in [9.17, 15) is 8.78 Å². The number of hydrogen-bond acceptors (Lipinski definition) is 2. The van der Waals surface area contributed by atoms with Gasteiger partial charge in [-0.1, -0.05) is 12.1 Å². The summed E-state index contributed by atoms with van der Waals surface area (Å²) in [5.74, 6) is -0.530. The number of hydrogen-bond donors (Lipinski definition) is 1. The highest BCUT2D eigenvalue weighted by atomic mass is 79.9. The number of nitrogens with two attached hydrogens (primary N) is 1. The van der Waals surface area contributed by atoms with Crippen molar-refractivity contribution in [2.24, 2.45) is 5.73 Å². The molecule has 0 aromatic heterocycles. The Labute approximate surface area is 145 Å². The Morgan fingerprint density at radius 3 is 1.91 bits per heavy atom. The van der Waals surface area contributed by atoms with Gasteiger partial charge < -0.3 is 5.73 Å². The van der Waals surface area contributed by atoms with Crippen LogP contribution >= 0.6 is 31.9 Å². The fraction of sp³-hybridized carbons (Fsp3) is 0.188. The summed E-state index contributed by atoms with van der Waals surface area (Å²) < 4.78 is 26.2. The van der Waals surface area contributed by atoms with Crippen LogP contribution in [0.4, 0.5) is 8.78 Å². The average molecular weight is 432 g/mol. The van der Waals surface area contributed by atoms with E-state index in [1.54, 1.807) is 24.3 Å². The lowest BCUT2D eigenvalue weighted by atomic mass is 10.1. The summed E-state index contributed by atoms with van der Waals surface area (Å²) in [6, 6.07) is 11.5. The zero-order valence-corrected chi connectivity index (χ0v) is 14.8. The molecule has 0 bridgehead atoms. The van der Waals surface area contributed by atoms with Gasteiger partial charge in [0.15, 0.2) is 0 Å². The maximum absolute atomic E-state index is 12.7. The topological polar surface area (TPSA) is 49.8 Å². The largest absolute Gasteiger partial charge is 0.330 e. The summed E-state index contributed by atoms with van der Waals surface area (Å²) in [4.78, 5) is 0. The van der Waals surface area contributed by atoms with Gasteiger partial charge in [0.2, 0.25) is 0 Å². The molecule has 2 N–H and O–H groups in total. The predicted octanol–water partition coefficient (Wildman–Crippen LogP) is 4.74. The van der Waals surface area contributed by atoms with Crippen molar-refractivity contribution in [3.8, 4) is 6.07 Å². The van der Waals surface area contributed by atoms with Gasteiger partial charge in [-0.25, -0.2) is 8.78 Å². The lowest BCUT2D eigenvalue weighted by molar-refractivity contribution is 0.620. The molecular weight excluding hydrogens is 418 g/mol. The molecule has 0 radical (unpaired) electrons. The quantitative estimate of drug-likeness (QED) is 0.762. The van der Waals surface area contributed by atoms with Gasteiger partial charge in [-0.05, 0) is 80.2 Å². The van der Waals surface area contributed by atoms with Crippen LogP contribution in [0.15, 0.2) is 45.3 Å². The Hall–Kier alpha value is -1.29. The van der Waals surface area contributed by atoms with E-state index in [2.05, 4.69) is 31.9 Å². The molecule has 2 rings (SSSR count). The molecule has 116 valence electrons. The van der Waals surface area contributed by atoms with Gasteiger partial charge in [-0.3, -0.25) is 0 Å². The fourth-order valence-corrected chi connectivity index (χ4v) is 2.46. The van der Waals surface area contributed by atoms with Crippen molar-refractivity contribution in [2.45, 2.75) is 12.8 Å². The lowest BCUT2D eigenvalue weighted by Gasteiger charge is -1.99. The molecule has 0 saturated carbocycles. The SMILES string of the molecule is N#CCc1ccc(F)c(Br)c1.NCCc1ccc(F)c(Br)c1. The summed E-state index contributed by atoms with van der Waals surface area (Å²) in [5.41, 5.74) is 7.22. The van der Waals surface area contributed by atoms with Gasteiger partial charge in [0.05, 0.1) is 21.4 Å². The van der Waals surface area contributed by atoms with Crippen LogP contribution in [-0.2, 0) is 12.8 Å². The van der Waals surface area contributed by atoms with Crippen LogP contribution in [0, 0.1) is 23.0 Å². The first-order chi connectivity index (χ1) is 10.5. The summed E-state index contributed by atoms with van der Waals surface area (Å²) >= 11 is 6.13. The van der Waals surface area contributed by atoms with Crippen molar-refractivity contribution < 1.29 is 8.78 Å². The molecule has 0 aliphatic carbocycles. The number of nitriles is 1. The molecule has 0 atom stereocenters. The van der Waals surface area contributed by atoms with E-state index in [0.717, 1.165) is 17.5 Å². The molecular formula is C16H14Br2F2N2. The molecule has 0 amide bonds. The van der Waals surface area contributed by atoms with Gasteiger partial charge in [-0.15, -0.1) is 0 Å². The molecule has 0 aliphatic rings. The Morgan fingerprint density at radius 1 is 0.955 bits per heavy atom. The van der Waals surface area contributed by atoms with Gasteiger partial charge in [0.25, 0.3) is 0 Å². The van der Waals surface area contributed by atoms with Gasteiger partial charge in [0.1, 0.15) is 11.6 Å². The molecule has 6 heteroatoms. The van der Waals surface area contributed by atoms with Crippen molar-refractivity contribution in [1.29, 1.82) is 5.26 Å². The normalized spacial score (nSPS) is 9.64. The first-order valence-corrected chi connectivity index (χ1v) is 8.01. The highest BCUT2D eigenvalue weighted by molar-refractivity contribution is 9.10. The molecule has 0 unspecified atom stereocenters. The molecule has 2 aromatic rings. The lowest BCUT2D eigenvalue weighted by Crippen LogP contribution is -2.02. The summed E-state index contributed by atoms with van der Waals surface area (Å²) in [6.45, 7) is 0.595. The smallest absolute Gasteiger partial charge is 0.137 e. The molecule has 0 saturated heterocycles. The first kappa shape index (κ1) is 18.8. The van der Waals surface area contributed by atoms with Gasteiger partial charge in [0, 0.05) is 0 Å². The molecule has 0 aliphatic heterocycles. The van der Waals surface area contributed by atoms with Crippen molar-refractivity contribution in [3.05, 3.63) is 68.1 Å². The predicted molar refractivity (Wildman–Crippen MR) is 90.3 cm³/mol. The third-order valence-corrected chi connectivity index (χ3v) is 3.90. The first-order valence-electron chi connectivity index (χ1n) is 6.42. The number of benzene rings is 2. The van der Waals surface area contributed by atoms with Crippen LogP contribution < -0.4 is 5.73 Å². The third kappa shape index (κ3) is 6.22. The van der Waals surface area contributed by atoms with E-state index in [-0.39, 0.29) is 11.6 Å². The van der Waals surface area contributed by atoms with Crippen LogP contribution in [0.1, 0.15) is 11.1 Å². The van der Waals surface area contributed by atoms with Crippen molar-refractivity contribution in [3.63, 3.8) is 0 Å². The van der Waals surface area contributed by atoms with Gasteiger partial charge in [-0.2, -0.15) is 5.26 Å². The number of halogens is 4. The molecule has 2 nitrogen and oxygen atoms in total. The second-order valence-corrected chi connectivity index (χ2v) is 6.08. The van der Waals surface area contributed by atoms with Crippen molar-refractivity contribution >= 4 is 31.9 Å². The third-order valence-electron chi connectivity index (χ3n) is 2.68. The Bertz CT molecular complexity index is 670. The van der Waals surface area contributed by atoms with Crippen molar-refractivity contribution in [2.75, 3.05) is 6.54 Å². The van der Waals surface area contributed by atoms with E-state index >= 15 is 0 Å². The van der Waals surface area contributed by atoms with Gasteiger partial charge >= 0.3 is 0 Å². The maximum atomic E-state index is 12.7. The molecule has 22 heavy (non-hydrogen) atoms. The second-order valence-electron chi connectivity index (χ2n) is 4.37. The second kappa shape index (κ2) is 9.67. The Balaban J connectivity index is 0.000000220. The Kier molecular flexibility index (Phi) is 8.25. The zero-order valence-electron chi connectivity index (χ0n) is 11.6. The monoisotopic (exact) mass is 430 g/mol. The summed E-state index contributed by atoms with van der Waals surface area (Å²) in [7, 11) is 0. The highest BCUT2D eigenvalue weighted by Gasteiger charge is 1.99. The minimum Gasteiger partial charge on any atom is -0.330 e. The van der Waals surface area contributed by atoms with E-state index in [4.69, 9.17) is 11.0 Å². The number of rotatable bonds is 3. The van der Waals surface area contributed by atoms with Crippen LogP contribution in [0.2, 0.25) is 0 Å². The minimum absolute atomic E-state index is 0.231. The maximum Gasteiger partial charge on any atom is 0.137 e. The van der Waals surface area contributed by atoms with Crippen molar-refractivity contribution in [1.82, 2.24) is 0 Å². The van der Waals surface area contributed by atoms with Crippen LogP contribution in [0.3, 0.4) is 0 Å². The van der Waals surface area contributed by atoms with Crippen LogP contribution in [0.5, 0.6) is 0 Å². The average Bonchev–Trinajstić information content (AvgIpc) is 2.48.